The number of hydrogen-bond donors (Lipinski definition) is 1. The van der Waals surface area contributed by atoms with Crippen molar-refractivity contribution in [3.05, 3.63) is 58.9 Å². The summed E-state index contributed by atoms with van der Waals surface area (Å²) < 4.78 is 1.84. The van der Waals surface area contributed by atoms with E-state index >= 15 is 0 Å². The first kappa shape index (κ1) is 23.9. The molecular formula is C27H28N6O3S. The summed E-state index contributed by atoms with van der Waals surface area (Å²) in [7, 11) is 0. The zero-order chi connectivity index (χ0) is 25.4. The molecule has 2 aromatic heterocycles. The van der Waals surface area contributed by atoms with Crippen LogP contribution in [0, 0.1) is 0 Å². The zero-order valence-electron chi connectivity index (χ0n) is 20.4. The van der Waals surface area contributed by atoms with Gasteiger partial charge in [0, 0.05) is 43.5 Å². The summed E-state index contributed by atoms with van der Waals surface area (Å²) in [4.78, 5) is 50.7. The van der Waals surface area contributed by atoms with E-state index in [2.05, 4.69) is 20.2 Å². The van der Waals surface area contributed by atoms with E-state index in [0.717, 1.165) is 43.6 Å². The molecule has 1 N–H and O–H groups in total. The van der Waals surface area contributed by atoms with Gasteiger partial charge >= 0.3 is 0 Å². The van der Waals surface area contributed by atoms with Gasteiger partial charge in [0.05, 0.1) is 10.6 Å². The van der Waals surface area contributed by atoms with Gasteiger partial charge in [-0.3, -0.25) is 29.2 Å². The molecule has 0 spiro atoms. The summed E-state index contributed by atoms with van der Waals surface area (Å²) >= 11 is 0.857. The number of rotatable bonds is 4. The first-order valence-corrected chi connectivity index (χ1v) is 13.6. The van der Waals surface area contributed by atoms with Crippen LogP contribution in [-0.4, -0.2) is 73.6 Å². The number of amides is 3. The van der Waals surface area contributed by atoms with Crippen LogP contribution in [0.25, 0.3) is 22.9 Å². The quantitative estimate of drug-likeness (QED) is 0.526. The maximum Gasteiger partial charge on any atom is 0.290 e. The molecule has 3 aliphatic rings. The van der Waals surface area contributed by atoms with Crippen molar-refractivity contribution in [1.29, 1.82) is 0 Å². The van der Waals surface area contributed by atoms with Crippen LogP contribution in [-0.2, 0) is 4.79 Å². The number of fused-ring (bicyclic) bond motifs is 1. The fourth-order valence-electron chi connectivity index (χ4n) is 5.44. The predicted octanol–water partition coefficient (Wildman–Crippen LogP) is 3.83. The van der Waals surface area contributed by atoms with Crippen LogP contribution >= 0.6 is 11.8 Å². The lowest BCUT2D eigenvalue weighted by atomic mass is 9.94. The Kier molecular flexibility index (Phi) is 6.52. The molecule has 0 unspecified atom stereocenters. The summed E-state index contributed by atoms with van der Waals surface area (Å²) in [6.45, 7) is 3.38. The van der Waals surface area contributed by atoms with Gasteiger partial charge in [0.2, 0.25) is 0 Å². The molecule has 3 aromatic rings. The Morgan fingerprint density at radius 1 is 1.03 bits per heavy atom. The molecule has 1 aliphatic carbocycles. The van der Waals surface area contributed by atoms with Gasteiger partial charge in [-0.05, 0) is 61.0 Å². The minimum absolute atomic E-state index is 0.0434. The second kappa shape index (κ2) is 10.1. The Bertz CT molecular complexity index is 1400. The van der Waals surface area contributed by atoms with Crippen LogP contribution < -0.4 is 5.32 Å². The molecule has 10 heteroatoms. The van der Waals surface area contributed by atoms with Crippen LogP contribution in [0.1, 0.15) is 48.2 Å². The van der Waals surface area contributed by atoms with Gasteiger partial charge < -0.3 is 4.90 Å². The number of carbonyl (C=O) groups is 3. The largest absolute Gasteiger partial charge is 0.336 e. The lowest BCUT2D eigenvalue weighted by molar-refractivity contribution is -0.115. The van der Waals surface area contributed by atoms with Crippen molar-refractivity contribution in [3.8, 4) is 5.69 Å². The number of piperazine rings is 1. The second-order valence-corrected chi connectivity index (χ2v) is 10.7. The van der Waals surface area contributed by atoms with E-state index < -0.39 is 5.91 Å². The third-order valence-electron chi connectivity index (χ3n) is 7.40. The molecule has 1 aromatic carbocycles. The standard InChI is InChI=1S/C27H28N6O3S/c34-25-23(37-27(36)30-25)16-19-9-10-22-24(29-19)33(17-28-22)21-8-4-5-18(15-21)26(35)32-13-11-31(12-14-32)20-6-2-1-3-7-20/h4-5,8-10,15-17,20H,1-3,6-7,11-14H2,(H,30,34,36)/b23-16-. The first-order valence-electron chi connectivity index (χ1n) is 12.8. The van der Waals surface area contributed by atoms with Gasteiger partial charge in [-0.2, -0.15) is 0 Å². The molecule has 2 saturated heterocycles. The summed E-state index contributed by atoms with van der Waals surface area (Å²) in [5.74, 6) is -0.377. The Morgan fingerprint density at radius 3 is 2.59 bits per heavy atom. The van der Waals surface area contributed by atoms with E-state index in [4.69, 9.17) is 0 Å². The van der Waals surface area contributed by atoms with Crippen molar-refractivity contribution in [2.45, 2.75) is 38.1 Å². The van der Waals surface area contributed by atoms with Gasteiger partial charge in [0.1, 0.15) is 11.8 Å². The number of imide groups is 1. The number of hydrogen-bond acceptors (Lipinski definition) is 7. The highest BCUT2D eigenvalue weighted by Gasteiger charge is 2.28. The monoisotopic (exact) mass is 516 g/mol. The molecule has 3 amide bonds. The van der Waals surface area contributed by atoms with Crippen LogP contribution in [0.5, 0.6) is 0 Å². The minimum Gasteiger partial charge on any atom is -0.336 e. The van der Waals surface area contributed by atoms with Gasteiger partial charge in [-0.25, -0.2) is 9.97 Å². The maximum absolute atomic E-state index is 13.4. The topological polar surface area (TPSA) is 100 Å². The lowest BCUT2D eigenvalue weighted by Crippen LogP contribution is -2.52. The molecular weight excluding hydrogens is 488 g/mol. The Hall–Kier alpha value is -3.50. The summed E-state index contributed by atoms with van der Waals surface area (Å²) in [5, 5.41) is 1.86. The molecule has 0 bridgehead atoms. The molecule has 37 heavy (non-hydrogen) atoms. The SMILES string of the molecule is O=C1NC(=O)/C(=C/c2ccc3ncn(-c4cccc(C(=O)N5CCN(C6CCCCC6)CC5)c4)c3n2)S1. The molecule has 1 saturated carbocycles. The number of thioether (sulfide) groups is 1. The lowest BCUT2D eigenvalue weighted by Gasteiger charge is -2.40. The van der Waals surface area contributed by atoms with Crippen LogP contribution in [0.4, 0.5) is 4.79 Å². The van der Waals surface area contributed by atoms with Gasteiger partial charge in [0.15, 0.2) is 5.65 Å². The van der Waals surface area contributed by atoms with Crippen LogP contribution in [0.2, 0.25) is 0 Å². The average Bonchev–Trinajstić information content (AvgIpc) is 3.50. The zero-order valence-corrected chi connectivity index (χ0v) is 21.2. The number of imidazole rings is 1. The first-order chi connectivity index (χ1) is 18.0. The van der Waals surface area contributed by atoms with Gasteiger partial charge in [0.25, 0.3) is 17.1 Å². The molecule has 190 valence electrons. The van der Waals surface area contributed by atoms with Crippen molar-refractivity contribution >= 4 is 46.1 Å². The van der Waals surface area contributed by atoms with Gasteiger partial charge in [-0.15, -0.1) is 0 Å². The third-order valence-corrected chi connectivity index (χ3v) is 8.21. The molecule has 3 fully saturated rings. The summed E-state index contributed by atoms with van der Waals surface area (Å²) in [6.07, 6.45) is 9.83. The van der Waals surface area contributed by atoms with E-state index in [1.165, 1.54) is 32.1 Å². The molecule has 0 atom stereocenters. The normalized spacial score (nSPS) is 20.6. The minimum atomic E-state index is -0.420. The van der Waals surface area contributed by atoms with Crippen molar-refractivity contribution in [1.82, 2.24) is 29.7 Å². The highest BCUT2D eigenvalue weighted by Crippen LogP contribution is 2.27. The Labute approximate surface area is 218 Å². The molecule has 2 aliphatic heterocycles. The number of benzene rings is 1. The fourth-order valence-corrected chi connectivity index (χ4v) is 6.11. The number of pyridine rings is 1. The summed E-state index contributed by atoms with van der Waals surface area (Å²) in [5.41, 5.74) is 3.27. The van der Waals surface area contributed by atoms with Crippen molar-refractivity contribution in [2.24, 2.45) is 0 Å². The summed E-state index contributed by atoms with van der Waals surface area (Å²) in [6, 6.07) is 11.8. The third kappa shape index (κ3) is 4.91. The number of aromatic nitrogens is 3. The molecule has 6 rings (SSSR count). The Morgan fingerprint density at radius 2 is 1.84 bits per heavy atom. The second-order valence-electron chi connectivity index (χ2n) is 9.72. The van der Waals surface area contributed by atoms with E-state index in [0.29, 0.717) is 33.4 Å². The van der Waals surface area contributed by atoms with Crippen LogP contribution in [0.3, 0.4) is 0 Å². The van der Waals surface area contributed by atoms with Crippen molar-refractivity contribution in [3.63, 3.8) is 0 Å². The predicted molar refractivity (Wildman–Crippen MR) is 142 cm³/mol. The van der Waals surface area contributed by atoms with Crippen LogP contribution in [0.15, 0.2) is 47.6 Å². The number of carbonyl (C=O) groups excluding carboxylic acids is 3. The van der Waals surface area contributed by atoms with Gasteiger partial charge in [-0.1, -0.05) is 25.3 Å². The molecule has 9 nitrogen and oxygen atoms in total. The van der Waals surface area contributed by atoms with E-state index in [1.54, 1.807) is 18.5 Å². The average molecular weight is 517 g/mol. The molecule has 4 heterocycles. The van der Waals surface area contributed by atoms with E-state index in [1.807, 2.05) is 39.8 Å². The molecule has 0 radical (unpaired) electrons. The van der Waals surface area contributed by atoms with E-state index in [-0.39, 0.29) is 11.1 Å². The highest BCUT2D eigenvalue weighted by atomic mass is 32.2. The maximum atomic E-state index is 13.4. The highest BCUT2D eigenvalue weighted by molar-refractivity contribution is 8.18. The number of nitrogens with zero attached hydrogens (tertiary/aromatic N) is 5. The van der Waals surface area contributed by atoms with Crippen molar-refractivity contribution in [2.75, 3.05) is 26.2 Å². The Balaban J connectivity index is 1.21. The number of nitrogens with one attached hydrogen (secondary N) is 1. The van der Waals surface area contributed by atoms with E-state index in [9.17, 15) is 14.4 Å². The van der Waals surface area contributed by atoms with Crippen molar-refractivity contribution < 1.29 is 14.4 Å². The smallest absolute Gasteiger partial charge is 0.290 e. The fraction of sp³-hybridized carbons (Fsp3) is 0.370.